The van der Waals surface area contributed by atoms with Crippen molar-refractivity contribution in [3.63, 3.8) is 0 Å². The first kappa shape index (κ1) is 12.6. The van der Waals surface area contributed by atoms with Gasteiger partial charge in [-0.25, -0.2) is 4.98 Å². The van der Waals surface area contributed by atoms with Crippen molar-refractivity contribution in [3.05, 3.63) is 24.3 Å². The van der Waals surface area contributed by atoms with Crippen LogP contribution in [-0.2, 0) is 0 Å². The van der Waals surface area contributed by atoms with Crippen molar-refractivity contribution in [2.24, 2.45) is 0 Å². The average molecular weight is 223 g/mol. The fourth-order valence-corrected chi connectivity index (χ4v) is 1.50. The van der Waals surface area contributed by atoms with E-state index in [4.69, 9.17) is 0 Å². The predicted octanol–water partition coefficient (Wildman–Crippen LogP) is 0.710. The molecule has 88 valence electrons. The van der Waals surface area contributed by atoms with Gasteiger partial charge in [-0.1, -0.05) is 13.3 Å². The summed E-state index contributed by atoms with van der Waals surface area (Å²) in [5, 5.41) is 9.19. The SMILES string of the molecule is CCCC(CO)N(C)C(=O)c1cnccn1. The summed E-state index contributed by atoms with van der Waals surface area (Å²) in [6.07, 6.45) is 6.13. The molecule has 0 radical (unpaired) electrons. The standard InChI is InChI=1S/C11H17N3O2/c1-3-4-9(8-15)14(2)11(16)10-7-12-5-6-13-10/h5-7,9,15H,3-4,8H2,1-2H3. The molecule has 1 heterocycles. The zero-order chi connectivity index (χ0) is 12.0. The van der Waals surface area contributed by atoms with E-state index in [1.54, 1.807) is 7.05 Å². The van der Waals surface area contributed by atoms with Crippen LogP contribution in [0.4, 0.5) is 0 Å². The van der Waals surface area contributed by atoms with Crippen molar-refractivity contribution in [2.45, 2.75) is 25.8 Å². The molecular weight excluding hydrogens is 206 g/mol. The Morgan fingerprint density at radius 2 is 2.31 bits per heavy atom. The van der Waals surface area contributed by atoms with Crippen molar-refractivity contribution < 1.29 is 9.90 Å². The summed E-state index contributed by atoms with van der Waals surface area (Å²) >= 11 is 0. The van der Waals surface area contributed by atoms with Crippen molar-refractivity contribution in [3.8, 4) is 0 Å². The largest absolute Gasteiger partial charge is 0.394 e. The molecule has 0 fully saturated rings. The number of carbonyl (C=O) groups is 1. The van der Waals surface area contributed by atoms with Gasteiger partial charge in [0, 0.05) is 19.4 Å². The van der Waals surface area contributed by atoms with Gasteiger partial charge in [-0.2, -0.15) is 0 Å². The molecule has 0 spiro atoms. The minimum atomic E-state index is -0.208. The van der Waals surface area contributed by atoms with Crippen LogP contribution < -0.4 is 0 Å². The van der Waals surface area contributed by atoms with Gasteiger partial charge in [-0.15, -0.1) is 0 Å². The molecule has 5 heteroatoms. The van der Waals surface area contributed by atoms with Gasteiger partial charge in [-0.3, -0.25) is 9.78 Å². The molecule has 0 bridgehead atoms. The number of hydrogen-bond acceptors (Lipinski definition) is 4. The maximum Gasteiger partial charge on any atom is 0.274 e. The molecule has 0 aliphatic heterocycles. The first-order valence-corrected chi connectivity index (χ1v) is 5.34. The highest BCUT2D eigenvalue weighted by Crippen LogP contribution is 2.07. The van der Waals surface area contributed by atoms with Crippen LogP contribution in [0.3, 0.4) is 0 Å². The number of aromatic nitrogens is 2. The third-order valence-corrected chi connectivity index (χ3v) is 2.48. The third kappa shape index (κ3) is 3.00. The van der Waals surface area contributed by atoms with E-state index in [0.29, 0.717) is 5.69 Å². The van der Waals surface area contributed by atoms with Crippen LogP contribution in [0.15, 0.2) is 18.6 Å². The van der Waals surface area contributed by atoms with Crippen LogP contribution in [-0.4, -0.2) is 45.6 Å². The normalized spacial score (nSPS) is 12.2. The molecule has 1 unspecified atom stereocenters. The van der Waals surface area contributed by atoms with E-state index in [2.05, 4.69) is 9.97 Å². The van der Waals surface area contributed by atoms with Crippen molar-refractivity contribution in [2.75, 3.05) is 13.7 Å². The summed E-state index contributed by atoms with van der Waals surface area (Å²) in [6, 6.07) is -0.153. The number of likely N-dealkylation sites (N-methyl/N-ethyl adjacent to an activating group) is 1. The molecule has 5 nitrogen and oxygen atoms in total. The number of rotatable bonds is 5. The van der Waals surface area contributed by atoms with E-state index in [1.807, 2.05) is 6.92 Å². The fourth-order valence-electron chi connectivity index (χ4n) is 1.50. The number of amides is 1. The third-order valence-electron chi connectivity index (χ3n) is 2.48. The molecule has 1 N–H and O–H groups in total. The molecule has 1 aromatic rings. The van der Waals surface area contributed by atoms with Crippen LogP contribution in [0.2, 0.25) is 0 Å². The first-order chi connectivity index (χ1) is 7.70. The second kappa shape index (κ2) is 6.17. The van der Waals surface area contributed by atoms with Gasteiger partial charge < -0.3 is 10.0 Å². The van der Waals surface area contributed by atoms with Crippen LogP contribution in [0.25, 0.3) is 0 Å². The number of aliphatic hydroxyl groups is 1. The lowest BCUT2D eigenvalue weighted by molar-refractivity contribution is 0.0641. The van der Waals surface area contributed by atoms with Gasteiger partial charge in [-0.05, 0) is 6.42 Å². The van der Waals surface area contributed by atoms with E-state index in [1.165, 1.54) is 23.5 Å². The summed E-state index contributed by atoms with van der Waals surface area (Å²) in [5.41, 5.74) is 0.305. The molecule has 0 aromatic carbocycles. The predicted molar refractivity (Wildman–Crippen MR) is 59.9 cm³/mol. The Hall–Kier alpha value is -1.49. The van der Waals surface area contributed by atoms with Gasteiger partial charge in [0.15, 0.2) is 0 Å². The van der Waals surface area contributed by atoms with Gasteiger partial charge in [0.1, 0.15) is 5.69 Å². The Bertz CT molecular complexity index is 329. The Morgan fingerprint density at radius 3 is 2.81 bits per heavy atom. The lowest BCUT2D eigenvalue weighted by Gasteiger charge is -2.25. The molecule has 0 saturated carbocycles. The van der Waals surface area contributed by atoms with Gasteiger partial charge in [0.05, 0.1) is 18.8 Å². The van der Waals surface area contributed by atoms with Crippen molar-refractivity contribution in [1.29, 1.82) is 0 Å². The zero-order valence-electron chi connectivity index (χ0n) is 9.63. The molecule has 1 rings (SSSR count). The van der Waals surface area contributed by atoms with Gasteiger partial charge in [0.2, 0.25) is 0 Å². The highest BCUT2D eigenvalue weighted by atomic mass is 16.3. The molecule has 1 amide bonds. The first-order valence-electron chi connectivity index (χ1n) is 5.34. The summed E-state index contributed by atoms with van der Waals surface area (Å²) in [6.45, 7) is 1.99. The second-order valence-electron chi connectivity index (χ2n) is 3.63. The lowest BCUT2D eigenvalue weighted by atomic mass is 10.1. The smallest absolute Gasteiger partial charge is 0.274 e. The molecule has 16 heavy (non-hydrogen) atoms. The number of aliphatic hydroxyl groups excluding tert-OH is 1. The molecule has 1 aromatic heterocycles. The topological polar surface area (TPSA) is 66.3 Å². The quantitative estimate of drug-likeness (QED) is 0.798. The van der Waals surface area contributed by atoms with Crippen molar-refractivity contribution >= 4 is 5.91 Å². The summed E-state index contributed by atoms with van der Waals surface area (Å²) < 4.78 is 0. The van der Waals surface area contributed by atoms with Crippen LogP contribution in [0.5, 0.6) is 0 Å². The molecule has 0 aliphatic carbocycles. The minimum absolute atomic E-state index is 0.0314. The zero-order valence-corrected chi connectivity index (χ0v) is 9.63. The highest BCUT2D eigenvalue weighted by molar-refractivity contribution is 5.91. The molecule has 1 atom stereocenters. The number of nitrogens with zero attached hydrogens (tertiary/aromatic N) is 3. The van der Waals surface area contributed by atoms with E-state index >= 15 is 0 Å². The van der Waals surface area contributed by atoms with Crippen LogP contribution in [0, 0.1) is 0 Å². The Labute approximate surface area is 95.1 Å². The van der Waals surface area contributed by atoms with Gasteiger partial charge in [0.25, 0.3) is 5.91 Å². The number of carbonyl (C=O) groups excluding carboxylic acids is 1. The van der Waals surface area contributed by atoms with Crippen LogP contribution >= 0.6 is 0 Å². The van der Waals surface area contributed by atoms with Gasteiger partial charge >= 0.3 is 0 Å². The highest BCUT2D eigenvalue weighted by Gasteiger charge is 2.20. The van der Waals surface area contributed by atoms with E-state index in [-0.39, 0.29) is 18.6 Å². The summed E-state index contributed by atoms with van der Waals surface area (Å²) in [4.78, 5) is 21.2. The fraction of sp³-hybridized carbons (Fsp3) is 0.545. The Kier molecular flexibility index (Phi) is 4.85. The van der Waals surface area contributed by atoms with Crippen molar-refractivity contribution in [1.82, 2.24) is 14.9 Å². The van der Waals surface area contributed by atoms with E-state index in [9.17, 15) is 9.90 Å². The lowest BCUT2D eigenvalue weighted by Crippen LogP contribution is -2.39. The summed E-state index contributed by atoms with van der Waals surface area (Å²) in [5.74, 6) is -0.208. The van der Waals surface area contributed by atoms with Crippen LogP contribution in [0.1, 0.15) is 30.3 Å². The van der Waals surface area contributed by atoms with E-state index < -0.39 is 0 Å². The number of hydrogen-bond donors (Lipinski definition) is 1. The average Bonchev–Trinajstić information content (AvgIpc) is 2.35. The molecule has 0 aliphatic rings. The Balaban J connectivity index is 2.73. The maximum absolute atomic E-state index is 11.9. The monoisotopic (exact) mass is 223 g/mol. The minimum Gasteiger partial charge on any atom is -0.394 e. The van der Waals surface area contributed by atoms with E-state index in [0.717, 1.165) is 12.8 Å². The molecule has 0 saturated heterocycles. The second-order valence-corrected chi connectivity index (χ2v) is 3.63. The maximum atomic E-state index is 11.9. The molecular formula is C11H17N3O2. The summed E-state index contributed by atoms with van der Waals surface area (Å²) in [7, 11) is 1.67. The Morgan fingerprint density at radius 1 is 1.56 bits per heavy atom.